The van der Waals surface area contributed by atoms with Gasteiger partial charge in [0, 0.05) is 27.9 Å². The monoisotopic (exact) mass is 654 g/mol. The minimum absolute atomic E-state index is 0.610. The second-order valence-corrected chi connectivity index (χ2v) is 12.6. The molecule has 242 valence electrons. The molecule has 0 saturated carbocycles. The Hall–Kier alpha value is -6.78. The molecule has 2 heterocycles. The summed E-state index contributed by atoms with van der Waals surface area (Å²) in [5, 5.41) is 0. The normalized spacial score (nSPS) is 13.2. The summed E-state index contributed by atoms with van der Waals surface area (Å²) in [7, 11) is 0. The fourth-order valence-corrected chi connectivity index (χ4v) is 7.38. The van der Waals surface area contributed by atoms with Crippen molar-refractivity contribution in [1.82, 2.24) is 9.97 Å². The van der Waals surface area contributed by atoms with Crippen molar-refractivity contribution in [3.8, 4) is 33.6 Å². The number of aromatic nitrogens is 2. The van der Waals surface area contributed by atoms with Crippen LogP contribution in [0.25, 0.3) is 33.6 Å². The summed E-state index contributed by atoms with van der Waals surface area (Å²) >= 11 is 0. The number of hydrogen-bond acceptors (Lipinski definition) is 4. The van der Waals surface area contributed by atoms with Gasteiger partial charge in [0.15, 0.2) is 5.66 Å². The maximum Gasteiger partial charge on any atom is 0.233 e. The molecule has 0 unspecified atom stereocenters. The number of nitrogens with zero attached hydrogens (tertiary/aromatic N) is 4. The molecule has 1 aliphatic rings. The van der Waals surface area contributed by atoms with E-state index >= 15 is 0 Å². The lowest BCUT2D eigenvalue weighted by Crippen LogP contribution is -2.52. The maximum absolute atomic E-state index is 5.43. The SMILES string of the molecule is c1ccc(-c2ccc(N3c4ccccc4N(c4nc(-c5ccccc5)cc(-c5ccccc5)n4)C3(c3ccccc3)c3ccccc3)cc2)cc1. The second kappa shape index (κ2) is 12.9. The fourth-order valence-electron chi connectivity index (χ4n) is 7.38. The van der Waals surface area contributed by atoms with Gasteiger partial charge in [0.05, 0.1) is 22.8 Å². The molecule has 0 fully saturated rings. The first kappa shape index (κ1) is 30.3. The summed E-state index contributed by atoms with van der Waals surface area (Å²) in [6.07, 6.45) is 0. The molecule has 0 radical (unpaired) electrons. The smallest absolute Gasteiger partial charge is 0.233 e. The zero-order valence-electron chi connectivity index (χ0n) is 27.9. The molecular weight excluding hydrogens is 621 g/mol. The minimum atomic E-state index is -0.899. The Morgan fingerprint density at radius 3 is 1.18 bits per heavy atom. The van der Waals surface area contributed by atoms with Gasteiger partial charge in [-0.25, -0.2) is 9.97 Å². The first-order valence-corrected chi connectivity index (χ1v) is 17.3. The minimum Gasteiger partial charge on any atom is -0.308 e. The summed E-state index contributed by atoms with van der Waals surface area (Å²) in [6.45, 7) is 0. The molecule has 4 heteroatoms. The molecule has 1 aromatic heterocycles. The number of anilines is 4. The van der Waals surface area contributed by atoms with Crippen LogP contribution in [-0.4, -0.2) is 9.97 Å². The van der Waals surface area contributed by atoms with Crippen LogP contribution in [0.4, 0.5) is 23.0 Å². The van der Waals surface area contributed by atoms with E-state index in [0.717, 1.165) is 50.7 Å². The van der Waals surface area contributed by atoms with Crippen molar-refractivity contribution in [2.75, 3.05) is 9.80 Å². The van der Waals surface area contributed by atoms with Gasteiger partial charge in [-0.05, 0) is 41.5 Å². The van der Waals surface area contributed by atoms with E-state index in [2.05, 4.69) is 204 Å². The summed E-state index contributed by atoms with van der Waals surface area (Å²) < 4.78 is 0. The first-order valence-electron chi connectivity index (χ1n) is 17.3. The number of fused-ring (bicyclic) bond motifs is 1. The largest absolute Gasteiger partial charge is 0.308 e. The Balaban J connectivity index is 1.36. The summed E-state index contributed by atoms with van der Waals surface area (Å²) in [4.78, 5) is 15.7. The van der Waals surface area contributed by atoms with E-state index in [4.69, 9.17) is 9.97 Å². The van der Waals surface area contributed by atoms with Gasteiger partial charge >= 0.3 is 0 Å². The third-order valence-electron chi connectivity index (χ3n) is 9.65. The van der Waals surface area contributed by atoms with Crippen LogP contribution in [0.5, 0.6) is 0 Å². The Bertz CT molecular complexity index is 2300. The highest BCUT2D eigenvalue weighted by Gasteiger charge is 2.54. The standard InChI is InChI=1S/C47H34N4/c1-6-18-35(19-7-1)36-30-32-41(33-31-36)50-44-28-16-17-29-45(44)51(47(50,39-24-12-4-13-25-39)40-26-14-5-15-27-40)46-48-42(37-20-8-2-9-21-37)34-43(49-46)38-22-10-3-11-23-38/h1-34H. The molecule has 51 heavy (non-hydrogen) atoms. The summed E-state index contributed by atoms with van der Waals surface area (Å²) in [5.74, 6) is 0.610. The van der Waals surface area contributed by atoms with Gasteiger partial charge in [-0.2, -0.15) is 0 Å². The molecule has 0 bridgehead atoms. The van der Waals surface area contributed by atoms with Crippen molar-refractivity contribution < 1.29 is 0 Å². The molecule has 8 aromatic rings. The van der Waals surface area contributed by atoms with Crippen molar-refractivity contribution in [2.24, 2.45) is 0 Å². The van der Waals surface area contributed by atoms with E-state index in [1.165, 1.54) is 11.1 Å². The van der Waals surface area contributed by atoms with Gasteiger partial charge in [0.1, 0.15) is 0 Å². The lowest BCUT2D eigenvalue weighted by Gasteiger charge is -2.46. The van der Waals surface area contributed by atoms with Crippen molar-refractivity contribution in [3.05, 3.63) is 217 Å². The average molecular weight is 655 g/mol. The molecule has 1 aliphatic heterocycles. The molecular formula is C47H34N4. The van der Waals surface area contributed by atoms with Gasteiger partial charge in [-0.3, -0.25) is 4.90 Å². The third kappa shape index (κ3) is 5.25. The van der Waals surface area contributed by atoms with E-state index in [-0.39, 0.29) is 0 Å². The number of benzene rings is 7. The van der Waals surface area contributed by atoms with Crippen LogP contribution in [0.15, 0.2) is 206 Å². The van der Waals surface area contributed by atoms with Crippen LogP contribution >= 0.6 is 0 Å². The molecule has 0 amide bonds. The van der Waals surface area contributed by atoms with Gasteiger partial charge in [-0.15, -0.1) is 0 Å². The van der Waals surface area contributed by atoms with Gasteiger partial charge < -0.3 is 4.90 Å². The molecule has 0 atom stereocenters. The Kier molecular flexibility index (Phi) is 7.67. The van der Waals surface area contributed by atoms with E-state index < -0.39 is 5.66 Å². The topological polar surface area (TPSA) is 32.3 Å². The highest BCUT2D eigenvalue weighted by atomic mass is 15.5. The van der Waals surface area contributed by atoms with Crippen molar-refractivity contribution >= 4 is 23.0 Å². The van der Waals surface area contributed by atoms with Crippen molar-refractivity contribution in [1.29, 1.82) is 0 Å². The Morgan fingerprint density at radius 1 is 0.333 bits per heavy atom. The number of para-hydroxylation sites is 2. The quantitative estimate of drug-likeness (QED) is 0.171. The van der Waals surface area contributed by atoms with Crippen LogP contribution < -0.4 is 9.80 Å². The molecule has 0 aliphatic carbocycles. The predicted molar refractivity (Wildman–Crippen MR) is 209 cm³/mol. The van der Waals surface area contributed by atoms with Crippen LogP contribution in [-0.2, 0) is 5.66 Å². The highest BCUT2D eigenvalue weighted by Crippen LogP contribution is 2.59. The first-order chi connectivity index (χ1) is 25.3. The van der Waals surface area contributed by atoms with E-state index in [1.54, 1.807) is 0 Å². The Labute approximate surface area is 298 Å². The molecule has 4 nitrogen and oxygen atoms in total. The molecule has 0 saturated heterocycles. The van der Waals surface area contributed by atoms with E-state index in [9.17, 15) is 0 Å². The second-order valence-electron chi connectivity index (χ2n) is 12.6. The van der Waals surface area contributed by atoms with Crippen LogP contribution in [0.1, 0.15) is 11.1 Å². The number of hydrogen-bond donors (Lipinski definition) is 0. The van der Waals surface area contributed by atoms with Gasteiger partial charge in [-0.1, -0.05) is 176 Å². The average Bonchev–Trinajstić information content (AvgIpc) is 3.54. The lowest BCUT2D eigenvalue weighted by molar-refractivity contribution is 0.551. The Morgan fingerprint density at radius 2 is 0.706 bits per heavy atom. The van der Waals surface area contributed by atoms with Crippen molar-refractivity contribution in [3.63, 3.8) is 0 Å². The molecule has 9 rings (SSSR count). The van der Waals surface area contributed by atoms with Gasteiger partial charge in [0.25, 0.3) is 0 Å². The van der Waals surface area contributed by atoms with Crippen LogP contribution in [0.3, 0.4) is 0 Å². The zero-order valence-corrected chi connectivity index (χ0v) is 27.9. The van der Waals surface area contributed by atoms with Crippen LogP contribution in [0.2, 0.25) is 0 Å². The highest BCUT2D eigenvalue weighted by molar-refractivity contribution is 5.92. The van der Waals surface area contributed by atoms with Gasteiger partial charge in [0.2, 0.25) is 5.95 Å². The molecule has 0 N–H and O–H groups in total. The van der Waals surface area contributed by atoms with E-state index in [0.29, 0.717) is 5.95 Å². The zero-order chi connectivity index (χ0) is 34.0. The number of rotatable bonds is 7. The predicted octanol–water partition coefficient (Wildman–Crippen LogP) is 11.7. The lowest BCUT2D eigenvalue weighted by atomic mass is 9.88. The maximum atomic E-state index is 5.43. The fraction of sp³-hybridized carbons (Fsp3) is 0.0213. The summed E-state index contributed by atoms with van der Waals surface area (Å²) in [6, 6.07) is 72.4. The molecule has 7 aromatic carbocycles. The third-order valence-corrected chi connectivity index (χ3v) is 9.65. The van der Waals surface area contributed by atoms with Crippen LogP contribution in [0, 0.1) is 0 Å². The summed E-state index contributed by atoms with van der Waals surface area (Å²) in [5.41, 5.74) is 10.6. The van der Waals surface area contributed by atoms with Crippen molar-refractivity contribution in [2.45, 2.75) is 5.66 Å². The molecule has 0 spiro atoms. The van der Waals surface area contributed by atoms with E-state index in [1.807, 2.05) is 12.1 Å².